The van der Waals surface area contributed by atoms with Crippen LogP contribution in [-0.4, -0.2) is 17.7 Å². The molecule has 0 bridgehead atoms. The van der Waals surface area contributed by atoms with Gasteiger partial charge in [-0.3, -0.25) is 0 Å². The van der Waals surface area contributed by atoms with Crippen molar-refractivity contribution in [2.45, 2.75) is 54.9 Å². The van der Waals surface area contributed by atoms with Crippen molar-refractivity contribution in [1.29, 1.82) is 0 Å². The first-order valence-corrected chi connectivity index (χ1v) is 14.3. The van der Waals surface area contributed by atoms with Gasteiger partial charge in [-0.1, -0.05) is 102 Å². The van der Waals surface area contributed by atoms with Crippen molar-refractivity contribution in [2.24, 2.45) is 0 Å². The summed E-state index contributed by atoms with van der Waals surface area (Å²) in [7, 11) is 0. The van der Waals surface area contributed by atoms with E-state index < -0.39 is 5.97 Å². The molecule has 0 spiro atoms. The van der Waals surface area contributed by atoms with Gasteiger partial charge in [0.15, 0.2) is 0 Å². The van der Waals surface area contributed by atoms with Gasteiger partial charge in [0.1, 0.15) is 12.4 Å². The maximum absolute atomic E-state index is 12.1. The van der Waals surface area contributed by atoms with Crippen molar-refractivity contribution < 1.29 is 14.6 Å². The van der Waals surface area contributed by atoms with Crippen LogP contribution in [0.1, 0.15) is 80.6 Å². The third-order valence-corrected chi connectivity index (χ3v) is 6.45. The number of aromatic carboxylic acids is 1. The predicted octanol–water partition coefficient (Wildman–Crippen LogP) is 11.1. The number of hydrogen-bond donors (Lipinski definition) is 2. The molecule has 3 aromatic carbocycles. The van der Waals surface area contributed by atoms with E-state index in [-0.39, 0.29) is 5.56 Å². The Morgan fingerprint density at radius 1 is 0.902 bits per heavy atom. The highest BCUT2D eigenvalue weighted by molar-refractivity contribution is 6.33. The van der Waals surface area contributed by atoms with Crippen LogP contribution in [0.5, 0.6) is 0 Å². The second kappa shape index (κ2) is 16.9. The standard InChI is InChI=1S/C32H32ClNO3.2C2H6/c1-8-20(4)18-37-23(7)25-14-13-24(26-11-9-10-12-30(26)33)16-31(25)34-22(6)28-17-27(19(2)3)21(5)15-29(28)32(35)36;2*1-2/h9-17,34H,2,4,6-8,18H2,1,3,5H3,(H,35,36);2*1-2H3. The Labute approximate surface area is 251 Å². The summed E-state index contributed by atoms with van der Waals surface area (Å²) in [5, 5.41) is 13.8. The second-order valence-corrected chi connectivity index (χ2v) is 9.36. The zero-order valence-electron chi connectivity index (χ0n) is 25.6. The van der Waals surface area contributed by atoms with Crippen LogP contribution in [-0.2, 0) is 4.74 Å². The summed E-state index contributed by atoms with van der Waals surface area (Å²) < 4.78 is 5.91. The minimum atomic E-state index is -1.04. The summed E-state index contributed by atoms with van der Waals surface area (Å²) in [5.74, 6) is -0.578. The number of carboxylic acids is 1. The minimum absolute atomic E-state index is 0.151. The van der Waals surface area contributed by atoms with Crippen LogP contribution in [0, 0.1) is 6.92 Å². The van der Waals surface area contributed by atoms with Crippen LogP contribution in [0.2, 0.25) is 5.02 Å². The lowest BCUT2D eigenvalue weighted by molar-refractivity contribution is 0.0696. The molecule has 3 aromatic rings. The molecule has 0 unspecified atom stereocenters. The first-order valence-electron chi connectivity index (χ1n) is 13.9. The number of anilines is 1. The Balaban J connectivity index is 0.00000201. The van der Waals surface area contributed by atoms with Crippen molar-refractivity contribution >= 4 is 40.3 Å². The number of halogens is 1. The summed E-state index contributed by atoms with van der Waals surface area (Å²) >= 11 is 6.47. The molecule has 5 heteroatoms. The molecule has 4 nitrogen and oxygen atoms in total. The monoisotopic (exact) mass is 573 g/mol. The molecule has 0 aromatic heterocycles. The molecule has 41 heavy (non-hydrogen) atoms. The largest absolute Gasteiger partial charge is 0.489 e. The molecule has 0 fully saturated rings. The lowest BCUT2D eigenvalue weighted by Gasteiger charge is -2.20. The van der Waals surface area contributed by atoms with Gasteiger partial charge in [0.05, 0.1) is 11.3 Å². The normalized spacial score (nSPS) is 9.76. The summed E-state index contributed by atoms with van der Waals surface area (Å²) in [6.45, 7) is 30.5. The van der Waals surface area contributed by atoms with Crippen LogP contribution < -0.4 is 5.32 Å². The number of allylic oxidation sites excluding steroid dienone is 1. The molecule has 0 aliphatic rings. The fourth-order valence-electron chi connectivity index (χ4n) is 3.95. The zero-order valence-corrected chi connectivity index (χ0v) is 26.3. The molecule has 0 saturated heterocycles. The van der Waals surface area contributed by atoms with E-state index in [2.05, 4.69) is 31.6 Å². The van der Waals surface area contributed by atoms with E-state index in [1.165, 1.54) is 0 Å². The third-order valence-electron chi connectivity index (χ3n) is 6.12. The van der Waals surface area contributed by atoms with Gasteiger partial charge in [0.25, 0.3) is 0 Å². The van der Waals surface area contributed by atoms with E-state index >= 15 is 0 Å². The van der Waals surface area contributed by atoms with Gasteiger partial charge in [-0.05, 0) is 72.9 Å². The molecule has 0 atom stereocenters. The molecule has 218 valence electrons. The van der Waals surface area contributed by atoms with Gasteiger partial charge in [-0.2, -0.15) is 0 Å². The first kappa shape index (κ1) is 35.0. The SMILES string of the molecule is C=C(CC)COC(=C)c1ccc(-c2ccccc2Cl)cc1NC(=C)c1cc(C(=C)C)c(C)cc1C(=O)O.CC.CC. The van der Waals surface area contributed by atoms with E-state index in [0.717, 1.165) is 39.8 Å². The van der Waals surface area contributed by atoms with Gasteiger partial charge >= 0.3 is 5.97 Å². The van der Waals surface area contributed by atoms with Crippen molar-refractivity contribution in [3.8, 4) is 11.1 Å². The Hall–Kier alpha value is -4.02. The van der Waals surface area contributed by atoms with Crippen LogP contribution >= 0.6 is 11.6 Å². The molecular weight excluding hydrogens is 530 g/mol. The molecule has 3 rings (SSSR count). The van der Waals surface area contributed by atoms with Gasteiger partial charge < -0.3 is 15.2 Å². The summed E-state index contributed by atoms with van der Waals surface area (Å²) in [6.07, 6.45) is 0.803. The number of benzene rings is 3. The van der Waals surface area contributed by atoms with Crippen LogP contribution in [0.4, 0.5) is 5.69 Å². The van der Waals surface area contributed by atoms with Crippen molar-refractivity contribution in [3.63, 3.8) is 0 Å². The minimum Gasteiger partial charge on any atom is -0.489 e. The number of carbonyl (C=O) groups is 1. The van der Waals surface area contributed by atoms with Crippen LogP contribution in [0.3, 0.4) is 0 Å². The second-order valence-electron chi connectivity index (χ2n) is 8.96. The number of ether oxygens (including phenoxy) is 1. The highest BCUT2D eigenvalue weighted by Gasteiger charge is 2.18. The average molecular weight is 574 g/mol. The highest BCUT2D eigenvalue weighted by Crippen LogP contribution is 2.35. The van der Waals surface area contributed by atoms with Gasteiger partial charge in [0.2, 0.25) is 0 Å². The smallest absolute Gasteiger partial charge is 0.336 e. The van der Waals surface area contributed by atoms with E-state index in [9.17, 15) is 9.90 Å². The van der Waals surface area contributed by atoms with E-state index in [1.54, 1.807) is 6.07 Å². The first-order chi connectivity index (χ1) is 19.5. The summed E-state index contributed by atoms with van der Waals surface area (Å²) in [6, 6.07) is 16.8. The van der Waals surface area contributed by atoms with Gasteiger partial charge in [-0.25, -0.2) is 4.79 Å². The lowest BCUT2D eigenvalue weighted by atomic mass is 9.94. The van der Waals surface area contributed by atoms with E-state index in [4.69, 9.17) is 16.3 Å². The fourth-order valence-corrected chi connectivity index (χ4v) is 4.19. The predicted molar refractivity (Wildman–Crippen MR) is 180 cm³/mol. The van der Waals surface area contributed by atoms with Crippen LogP contribution in [0.25, 0.3) is 28.2 Å². The number of carboxylic acid groups (broad SMARTS) is 1. The maximum atomic E-state index is 12.1. The average Bonchev–Trinajstić information content (AvgIpc) is 2.97. The third kappa shape index (κ3) is 9.26. The van der Waals surface area contributed by atoms with Crippen LogP contribution in [0.15, 0.2) is 86.5 Å². The fraction of sp³-hybridized carbons (Fsp3) is 0.250. The Morgan fingerprint density at radius 2 is 1.54 bits per heavy atom. The highest BCUT2D eigenvalue weighted by atomic mass is 35.5. The number of aryl methyl sites for hydroxylation is 1. The Bertz CT molecular complexity index is 1420. The zero-order chi connectivity index (χ0) is 31.3. The Morgan fingerprint density at radius 3 is 2.10 bits per heavy atom. The molecule has 0 aliphatic heterocycles. The summed E-state index contributed by atoms with van der Waals surface area (Å²) in [5.41, 5.74) is 7.64. The summed E-state index contributed by atoms with van der Waals surface area (Å²) in [4.78, 5) is 12.1. The number of hydrogen-bond acceptors (Lipinski definition) is 3. The molecule has 0 heterocycles. The number of rotatable bonds is 11. The molecule has 0 amide bonds. The molecule has 0 aliphatic carbocycles. The van der Waals surface area contributed by atoms with Crippen molar-refractivity contribution in [3.05, 3.63) is 119 Å². The molecule has 0 radical (unpaired) electrons. The van der Waals surface area contributed by atoms with Crippen molar-refractivity contribution in [2.75, 3.05) is 11.9 Å². The molecule has 0 saturated carbocycles. The lowest BCUT2D eigenvalue weighted by Crippen LogP contribution is -2.09. The van der Waals surface area contributed by atoms with E-state index in [1.807, 2.05) is 97.0 Å². The van der Waals surface area contributed by atoms with Gasteiger partial charge in [0, 0.05) is 27.4 Å². The Kier molecular flexibility index (Phi) is 14.5. The van der Waals surface area contributed by atoms with Gasteiger partial charge in [-0.15, -0.1) is 0 Å². The van der Waals surface area contributed by atoms with E-state index in [0.29, 0.717) is 39.9 Å². The quantitative estimate of drug-likeness (QED) is 0.177. The maximum Gasteiger partial charge on any atom is 0.336 e. The molecular formula is C36H44ClNO3. The molecule has 2 N–H and O–H groups in total. The van der Waals surface area contributed by atoms with Crippen molar-refractivity contribution in [1.82, 2.24) is 0 Å². The number of nitrogens with one attached hydrogen (secondary N) is 1. The topological polar surface area (TPSA) is 58.6 Å².